The molecule has 3 aromatic carbocycles. The van der Waals surface area contributed by atoms with Crippen molar-refractivity contribution < 1.29 is 9.72 Å². The lowest BCUT2D eigenvalue weighted by Crippen LogP contribution is -2.18. The zero-order valence-electron chi connectivity index (χ0n) is 16.9. The van der Waals surface area contributed by atoms with Crippen LogP contribution in [0, 0.1) is 17.0 Å². The van der Waals surface area contributed by atoms with Gasteiger partial charge in [0.05, 0.1) is 11.1 Å². The van der Waals surface area contributed by atoms with Gasteiger partial charge in [-0.3, -0.25) is 14.9 Å². The molecule has 31 heavy (non-hydrogen) atoms. The molecule has 0 saturated carbocycles. The zero-order valence-corrected chi connectivity index (χ0v) is 16.9. The molecule has 4 rings (SSSR count). The highest BCUT2D eigenvalue weighted by molar-refractivity contribution is 6.00. The van der Waals surface area contributed by atoms with E-state index in [0.29, 0.717) is 12.1 Å². The normalized spacial score (nSPS) is 11.1. The van der Waals surface area contributed by atoms with Gasteiger partial charge < -0.3 is 4.57 Å². The van der Waals surface area contributed by atoms with Crippen LogP contribution in [-0.4, -0.2) is 21.6 Å². The molecule has 1 amide bonds. The first-order chi connectivity index (χ1) is 15.0. The van der Waals surface area contributed by atoms with Crippen LogP contribution in [0.3, 0.4) is 0 Å². The minimum absolute atomic E-state index is 0.0679. The second-order valence-corrected chi connectivity index (χ2v) is 7.17. The third kappa shape index (κ3) is 4.35. The molecule has 0 aliphatic heterocycles. The highest BCUT2D eigenvalue weighted by atomic mass is 16.6. The van der Waals surface area contributed by atoms with Gasteiger partial charge in [0.15, 0.2) is 0 Å². The summed E-state index contributed by atoms with van der Waals surface area (Å²) in [5.41, 5.74) is 6.94. The van der Waals surface area contributed by atoms with Gasteiger partial charge in [0.1, 0.15) is 0 Å². The number of hydrogen-bond donors (Lipinski definition) is 1. The number of nitro groups is 1. The van der Waals surface area contributed by atoms with Crippen LogP contribution in [0.2, 0.25) is 0 Å². The van der Waals surface area contributed by atoms with Crippen molar-refractivity contribution in [2.75, 3.05) is 0 Å². The smallest absolute Gasteiger partial charge is 0.271 e. The van der Waals surface area contributed by atoms with E-state index in [1.807, 2.05) is 55.6 Å². The number of hydrazone groups is 1. The van der Waals surface area contributed by atoms with E-state index in [1.54, 1.807) is 24.4 Å². The number of amides is 1. The van der Waals surface area contributed by atoms with Gasteiger partial charge in [-0.25, -0.2) is 5.43 Å². The molecule has 0 aliphatic carbocycles. The van der Waals surface area contributed by atoms with Crippen molar-refractivity contribution in [3.63, 3.8) is 0 Å². The number of aryl methyl sites for hydroxylation is 1. The summed E-state index contributed by atoms with van der Waals surface area (Å²) >= 11 is 0. The lowest BCUT2D eigenvalue weighted by atomic mass is 10.1. The lowest BCUT2D eigenvalue weighted by molar-refractivity contribution is -0.384. The first-order valence-corrected chi connectivity index (χ1v) is 9.73. The minimum Gasteiger partial charge on any atom is -0.342 e. The van der Waals surface area contributed by atoms with Crippen LogP contribution < -0.4 is 5.43 Å². The molecule has 154 valence electrons. The van der Waals surface area contributed by atoms with E-state index in [9.17, 15) is 14.9 Å². The van der Waals surface area contributed by atoms with Crippen LogP contribution in [-0.2, 0) is 6.54 Å². The standard InChI is InChI=1S/C24H20N4O3/c1-17-6-2-3-7-21(17)24(29)26-25-14-19-16-27(23-9-5-4-8-22(19)23)15-18-10-12-20(13-11-18)28(30)31/h2-14,16H,15H2,1H3,(H,26,29)/b25-14+. The first-order valence-electron chi connectivity index (χ1n) is 9.73. The number of benzene rings is 3. The fraction of sp³-hybridized carbons (Fsp3) is 0.0833. The lowest BCUT2D eigenvalue weighted by Gasteiger charge is -2.05. The van der Waals surface area contributed by atoms with Gasteiger partial charge in [-0.15, -0.1) is 0 Å². The molecule has 4 aromatic rings. The Balaban J connectivity index is 1.56. The highest BCUT2D eigenvalue weighted by Gasteiger charge is 2.10. The van der Waals surface area contributed by atoms with Gasteiger partial charge in [0, 0.05) is 46.9 Å². The molecule has 0 bridgehead atoms. The Kier molecular flexibility index (Phi) is 5.57. The molecule has 7 heteroatoms. The Morgan fingerprint density at radius 3 is 2.52 bits per heavy atom. The van der Waals surface area contributed by atoms with Crippen molar-refractivity contribution in [3.8, 4) is 0 Å². The van der Waals surface area contributed by atoms with Crippen LogP contribution in [0.25, 0.3) is 10.9 Å². The van der Waals surface area contributed by atoms with Crippen molar-refractivity contribution in [1.29, 1.82) is 0 Å². The first kappa shape index (κ1) is 20.0. The molecular weight excluding hydrogens is 392 g/mol. The van der Waals surface area contributed by atoms with Crippen molar-refractivity contribution >= 4 is 28.7 Å². The van der Waals surface area contributed by atoms with Crippen molar-refractivity contribution in [2.45, 2.75) is 13.5 Å². The van der Waals surface area contributed by atoms with E-state index in [2.05, 4.69) is 15.1 Å². The van der Waals surface area contributed by atoms with Gasteiger partial charge in [-0.1, -0.05) is 48.5 Å². The molecule has 0 spiro atoms. The molecule has 0 atom stereocenters. The van der Waals surface area contributed by atoms with Crippen LogP contribution >= 0.6 is 0 Å². The van der Waals surface area contributed by atoms with E-state index in [1.165, 1.54) is 12.1 Å². The van der Waals surface area contributed by atoms with Gasteiger partial charge in [0.25, 0.3) is 11.6 Å². The number of carbonyl (C=O) groups is 1. The number of rotatable bonds is 6. The van der Waals surface area contributed by atoms with Gasteiger partial charge in [0.2, 0.25) is 0 Å². The van der Waals surface area contributed by atoms with Crippen LogP contribution in [0.5, 0.6) is 0 Å². The monoisotopic (exact) mass is 412 g/mol. The Bertz CT molecular complexity index is 1290. The van der Waals surface area contributed by atoms with E-state index in [-0.39, 0.29) is 11.6 Å². The summed E-state index contributed by atoms with van der Waals surface area (Å²) < 4.78 is 2.06. The quantitative estimate of drug-likeness (QED) is 0.283. The number of para-hydroxylation sites is 1. The number of carbonyl (C=O) groups excluding carboxylic acids is 1. The molecule has 1 heterocycles. The van der Waals surface area contributed by atoms with Gasteiger partial charge in [-0.05, 0) is 30.2 Å². The average Bonchev–Trinajstić information content (AvgIpc) is 3.12. The fourth-order valence-corrected chi connectivity index (χ4v) is 3.48. The number of nitrogens with one attached hydrogen (secondary N) is 1. The summed E-state index contributed by atoms with van der Waals surface area (Å²) in [6.07, 6.45) is 3.58. The summed E-state index contributed by atoms with van der Waals surface area (Å²) in [6, 6.07) is 21.8. The third-order valence-corrected chi connectivity index (χ3v) is 5.08. The number of hydrogen-bond acceptors (Lipinski definition) is 4. The molecule has 1 aromatic heterocycles. The van der Waals surface area contributed by atoms with E-state index in [0.717, 1.165) is 27.6 Å². The zero-order chi connectivity index (χ0) is 21.8. The predicted molar refractivity (Wildman–Crippen MR) is 120 cm³/mol. The SMILES string of the molecule is Cc1ccccc1C(=O)N/N=C/c1cn(Cc2ccc([N+](=O)[O-])cc2)c2ccccc12. The Morgan fingerprint density at radius 1 is 1.06 bits per heavy atom. The molecule has 7 nitrogen and oxygen atoms in total. The number of nitro benzene ring substituents is 1. The van der Waals surface area contributed by atoms with Crippen molar-refractivity contribution in [2.24, 2.45) is 5.10 Å². The molecule has 0 saturated heterocycles. The maximum atomic E-state index is 12.4. The number of non-ortho nitro benzene ring substituents is 1. The topological polar surface area (TPSA) is 89.5 Å². The Labute approximate surface area is 178 Å². The maximum Gasteiger partial charge on any atom is 0.271 e. The summed E-state index contributed by atoms with van der Waals surface area (Å²) in [6.45, 7) is 2.44. The third-order valence-electron chi connectivity index (χ3n) is 5.08. The number of fused-ring (bicyclic) bond motifs is 1. The van der Waals surface area contributed by atoms with E-state index >= 15 is 0 Å². The average molecular weight is 412 g/mol. The predicted octanol–water partition coefficient (Wildman–Crippen LogP) is 4.67. The summed E-state index contributed by atoms with van der Waals surface area (Å²) in [4.78, 5) is 22.8. The molecule has 0 radical (unpaired) electrons. The Hall–Kier alpha value is -4.26. The highest BCUT2D eigenvalue weighted by Crippen LogP contribution is 2.22. The molecule has 0 unspecified atom stereocenters. The van der Waals surface area contributed by atoms with Crippen LogP contribution in [0.4, 0.5) is 5.69 Å². The second-order valence-electron chi connectivity index (χ2n) is 7.17. The second kappa shape index (κ2) is 8.62. The Morgan fingerprint density at radius 2 is 1.77 bits per heavy atom. The number of aromatic nitrogens is 1. The van der Waals surface area contributed by atoms with Crippen LogP contribution in [0.15, 0.2) is 84.1 Å². The van der Waals surface area contributed by atoms with Gasteiger partial charge in [-0.2, -0.15) is 5.10 Å². The summed E-state index contributed by atoms with van der Waals surface area (Å²) in [7, 11) is 0. The van der Waals surface area contributed by atoms with E-state index < -0.39 is 4.92 Å². The van der Waals surface area contributed by atoms with E-state index in [4.69, 9.17) is 0 Å². The van der Waals surface area contributed by atoms with Crippen molar-refractivity contribution in [1.82, 2.24) is 9.99 Å². The molecule has 0 aliphatic rings. The largest absolute Gasteiger partial charge is 0.342 e. The number of nitrogens with zero attached hydrogens (tertiary/aromatic N) is 3. The summed E-state index contributed by atoms with van der Waals surface area (Å²) in [5.74, 6) is -0.260. The minimum atomic E-state index is -0.408. The molecule has 0 fully saturated rings. The fourth-order valence-electron chi connectivity index (χ4n) is 3.48. The van der Waals surface area contributed by atoms with Crippen molar-refractivity contribution in [3.05, 3.63) is 111 Å². The summed E-state index contributed by atoms with van der Waals surface area (Å²) in [5, 5.41) is 16.0. The van der Waals surface area contributed by atoms with Crippen LogP contribution in [0.1, 0.15) is 27.0 Å². The molecular formula is C24H20N4O3. The molecule has 1 N–H and O–H groups in total. The van der Waals surface area contributed by atoms with Gasteiger partial charge >= 0.3 is 0 Å². The maximum absolute atomic E-state index is 12.4.